The molecule has 4 fully saturated rings. The van der Waals surface area contributed by atoms with Crippen molar-refractivity contribution in [1.29, 1.82) is 0 Å². The molecule has 4 aliphatic rings. The first-order valence-corrected chi connectivity index (χ1v) is 10.0. The maximum atomic E-state index is 11.2. The normalized spacial score (nSPS) is 58.9. The van der Waals surface area contributed by atoms with Crippen LogP contribution >= 0.6 is 0 Å². The SMILES string of the molecule is CC=C1CCC2C3C(C[C@H](O)[C@]12C)[C@@]1(C)CC[C@@H](O)C[C@H]1C[C@H]3O. The summed E-state index contributed by atoms with van der Waals surface area (Å²) in [5.41, 5.74) is 1.43. The summed E-state index contributed by atoms with van der Waals surface area (Å²) in [5.74, 6) is 1.50. The highest BCUT2D eigenvalue weighted by Gasteiger charge is 2.64. The van der Waals surface area contributed by atoms with Crippen LogP contribution in [0.5, 0.6) is 0 Å². The lowest BCUT2D eigenvalue weighted by atomic mass is 9.43. The Morgan fingerprint density at radius 3 is 2.46 bits per heavy atom. The zero-order chi connectivity index (χ0) is 17.3. The molecule has 0 heterocycles. The molecule has 3 unspecified atom stereocenters. The van der Waals surface area contributed by atoms with Gasteiger partial charge in [-0.05, 0) is 81.0 Å². The van der Waals surface area contributed by atoms with E-state index >= 15 is 0 Å². The van der Waals surface area contributed by atoms with E-state index in [9.17, 15) is 15.3 Å². The second-order valence-corrected chi connectivity index (χ2v) is 9.61. The standard InChI is InChI=1S/C21H34O3/c1-4-12-5-6-15-19-16(11-18(24)21(12,15)3)20(2)8-7-14(22)9-13(20)10-17(19)23/h4,13-19,22-24H,5-11H2,1-3H3/t13-,14+,15?,16?,17+,18-,19?,20-,21+/m0/s1. The Morgan fingerprint density at radius 2 is 1.75 bits per heavy atom. The van der Waals surface area contributed by atoms with E-state index in [2.05, 4.69) is 26.8 Å². The fourth-order valence-electron chi connectivity index (χ4n) is 7.49. The van der Waals surface area contributed by atoms with Gasteiger partial charge in [0.1, 0.15) is 0 Å². The first kappa shape index (κ1) is 17.1. The Morgan fingerprint density at radius 1 is 1.00 bits per heavy atom. The van der Waals surface area contributed by atoms with Gasteiger partial charge in [-0.25, -0.2) is 0 Å². The Kier molecular flexibility index (Phi) is 3.95. The first-order chi connectivity index (χ1) is 11.3. The molecule has 9 atom stereocenters. The summed E-state index contributed by atoms with van der Waals surface area (Å²) in [6.07, 6.45) is 8.01. The van der Waals surface area contributed by atoms with Crippen molar-refractivity contribution in [2.75, 3.05) is 0 Å². The van der Waals surface area contributed by atoms with Gasteiger partial charge in [0, 0.05) is 5.41 Å². The number of aliphatic hydroxyl groups is 3. The average molecular weight is 335 g/mol. The van der Waals surface area contributed by atoms with Crippen LogP contribution in [0.3, 0.4) is 0 Å². The Labute approximate surface area is 146 Å². The number of fused-ring (bicyclic) bond motifs is 5. The molecule has 0 aliphatic heterocycles. The second-order valence-electron chi connectivity index (χ2n) is 9.61. The smallest absolute Gasteiger partial charge is 0.0636 e. The van der Waals surface area contributed by atoms with Gasteiger partial charge >= 0.3 is 0 Å². The average Bonchev–Trinajstić information content (AvgIpc) is 2.88. The van der Waals surface area contributed by atoms with Gasteiger partial charge in [-0.15, -0.1) is 0 Å². The highest BCUT2D eigenvalue weighted by molar-refractivity contribution is 5.26. The van der Waals surface area contributed by atoms with Crippen molar-refractivity contribution in [3.05, 3.63) is 11.6 Å². The van der Waals surface area contributed by atoms with E-state index in [4.69, 9.17) is 0 Å². The molecule has 4 rings (SSSR count). The van der Waals surface area contributed by atoms with Crippen molar-refractivity contribution >= 4 is 0 Å². The molecule has 0 aromatic heterocycles. The van der Waals surface area contributed by atoms with Crippen LogP contribution < -0.4 is 0 Å². The van der Waals surface area contributed by atoms with E-state index < -0.39 is 0 Å². The van der Waals surface area contributed by atoms with Crippen LogP contribution in [0.15, 0.2) is 11.6 Å². The minimum Gasteiger partial charge on any atom is -0.393 e. The van der Waals surface area contributed by atoms with Gasteiger partial charge < -0.3 is 15.3 Å². The summed E-state index contributed by atoms with van der Waals surface area (Å²) in [6, 6.07) is 0. The third-order valence-corrected chi connectivity index (χ3v) is 8.96. The van der Waals surface area contributed by atoms with Crippen molar-refractivity contribution in [3.63, 3.8) is 0 Å². The molecule has 0 aromatic carbocycles. The van der Waals surface area contributed by atoms with Crippen molar-refractivity contribution in [2.24, 2.45) is 34.5 Å². The lowest BCUT2D eigenvalue weighted by Crippen LogP contribution is -2.61. The largest absolute Gasteiger partial charge is 0.393 e. The third kappa shape index (κ3) is 2.07. The van der Waals surface area contributed by atoms with Crippen LogP contribution in [0.25, 0.3) is 0 Å². The first-order valence-electron chi connectivity index (χ1n) is 10.0. The summed E-state index contributed by atoms with van der Waals surface area (Å²) in [4.78, 5) is 0. The summed E-state index contributed by atoms with van der Waals surface area (Å²) >= 11 is 0. The lowest BCUT2D eigenvalue weighted by Gasteiger charge is -2.62. The second kappa shape index (κ2) is 5.56. The lowest BCUT2D eigenvalue weighted by molar-refractivity contribution is -0.191. The van der Waals surface area contributed by atoms with Gasteiger partial charge in [0.2, 0.25) is 0 Å². The van der Waals surface area contributed by atoms with E-state index in [1.165, 1.54) is 5.57 Å². The van der Waals surface area contributed by atoms with E-state index in [-0.39, 0.29) is 29.1 Å². The van der Waals surface area contributed by atoms with Gasteiger partial charge in [-0.3, -0.25) is 0 Å². The zero-order valence-corrected chi connectivity index (χ0v) is 15.4. The van der Waals surface area contributed by atoms with Crippen LogP contribution in [0.1, 0.15) is 65.7 Å². The monoisotopic (exact) mass is 334 g/mol. The maximum Gasteiger partial charge on any atom is 0.0636 e. The zero-order valence-electron chi connectivity index (χ0n) is 15.4. The predicted molar refractivity (Wildman–Crippen MR) is 94.3 cm³/mol. The van der Waals surface area contributed by atoms with Gasteiger partial charge in [-0.2, -0.15) is 0 Å². The number of hydrogen-bond acceptors (Lipinski definition) is 3. The fourth-order valence-corrected chi connectivity index (χ4v) is 7.49. The summed E-state index contributed by atoms with van der Waals surface area (Å²) in [7, 11) is 0. The third-order valence-electron chi connectivity index (χ3n) is 8.96. The van der Waals surface area contributed by atoms with E-state index in [1.807, 2.05) is 0 Å². The molecule has 4 aliphatic carbocycles. The van der Waals surface area contributed by atoms with Crippen molar-refractivity contribution in [2.45, 2.75) is 84.0 Å². The summed E-state index contributed by atoms with van der Waals surface area (Å²) in [6.45, 7) is 6.72. The molecule has 3 heteroatoms. The van der Waals surface area contributed by atoms with E-state index in [0.29, 0.717) is 23.7 Å². The van der Waals surface area contributed by atoms with Gasteiger partial charge in [0.15, 0.2) is 0 Å². The van der Waals surface area contributed by atoms with Gasteiger partial charge in [-0.1, -0.05) is 25.5 Å². The number of allylic oxidation sites excluding steroid dienone is 1. The van der Waals surface area contributed by atoms with Crippen molar-refractivity contribution in [1.82, 2.24) is 0 Å². The van der Waals surface area contributed by atoms with Crippen LogP contribution in [-0.2, 0) is 0 Å². The van der Waals surface area contributed by atoms with Crippen LogP contribution in [0.2, 0.25) is 0 Å². The van der Waals surface area contributed by atoms with E-state index in [1.54, 1.807) is 0 Å². The van der Waals surface area contributed by atoms with Gasteiger partial charge in [0.05, 0.1) is 18.3 Å². The van der Waals surface area contributed by atoms with Crippen molar-refractivity contribution < 1.29 is 15.3 Å². The Bertz CT molecular complexity index is 543. The number of aliphatic hydroxyl groups excluding tert-OH is 3. The molecular weight excluding hydrogens is 300 g/mol. The van der Waals surface area contributed by atoms with Crippen LogP contribution in [0.4, 0.5) is 0 Å². The van der Waals surface area contributed by atoms with Crippen LogP contribution in [0, 0.1) is 34.5 Å². The number of rotatable bonds is 0. The van der Waals surface area contributed by atoms with Crippen LogP contribution in [-0.4, -0.2) is 33.6 Å². The summed E-state index contributed by atoms with van der Waals surface area (Å²) < 4.78 is 0. The molecule has 0 radical (unpaired) electrons. The number of hydrogen-bond donors (Lipinski definition) is 3. The highest BCUT2D eigenvalue weighted by Crippen LogP contribution is 2.67. The molecule has 3 N–H and O–H groups in total. The molecule has 0 saturated heterocycles. The fraction of sp³-hybridized carbons (Fsp3) is 0.905. The molecule has 0 bridgehead atoms. The van der Waals surface area contributed by atoms with Crippen molar-refractivity contribution in [3.8, 4) is 0 Å². The van der Waals surface area contributed by atoms with Gasteiger partial charge in [0.25, 0.3) is 0 Å². The minimum atomic E-state index is -0.299. The minimum absolute atomic E-state index is 0.145. The molecule has 0 aromatic rings. The molecule has 0 amide bonds. The van der Waals surface area contributed by atoms with E-state index in [0.717, 1.165) is 44.9 Å². The summed E-state index contributed by atoms with van der Waals surface area (Å²) in [5, 5.41) is 32.3. The molecule has 4 saturated carbocycles. The molecule has 24 heavy (non-hydrogen) atoms. The Balaban J connectivity index is 1.73. The molecule has 3 nitrogen and oxygen atoms in total. The topological polar surface area (TPSA) is 60.7 Å². The molecule has 0 spiro atoms. The maximum absolute atomic E-state index is 11.2. The molecular formula is C21H34O3. The highest BCUT2D eigenvalue weighted by atomic mass is 16.3. The Hall–Kier alpha value is -0.380. The quantitative estimate of drug-likeness (QED) is 0.596. The predicted octanol–water partition coefficient (Wildman–Crippen LogP) is 3.28. The molecule has 136 valence electrons.